The van der Waals surface area contributed by atoms with Gasteiger partial charge in [0.25, 0.3) is 0 Å². The molecule has 11 heteroatoms. The number of carbonyl (C=O) groups is 2. The number of likely N-dealkylation sites (N-methyl/N-ethyl adjacent to an activating group) is 1. The van der Waals surface area contributed by atoms with Crippen molar-refractivity contribution in [3.8, 4) is 0 Å². The number of hydrogen-bond donors (Lipinski definition) is 1. The number of nitrogens with zero attached hydrogens (tertiary/aromatic N) is 2. The summed E-state index contributed by atoms with van der Waals surface area (Å²) in [7, 11) is -3.91. The van der Waals surface area contributed by atoms with Crippen molar-refractivity contribution >= 4 is 66.7 Å². The molecule has 1 atom stereocenters. The highest BCUT2D eigenvalue weighted by atomic mass is 79.9. The molecule has 1 N–H and O–H groups in total. The fraction of sp³-hybridized carbons (Fsp3) is 0.259. The maximum atomic E-state index is 13.9. The Labute approximate surface area is 241 Å². The minimum atomic E-state index is -3.91. The average Bonchev–Trinajstić information content (AvgIpc) is 2.85. The number of hydrogen-bond acceptors (Lipinski definition) is 4. The Bertz CT molecular complexity index is 1350. The van der Waals surface area contributed by atoms with Gasteiger partial charge in [-0.1, -0.05) is 81.6 Å². The van der Waals surface area contributed by atoms with Crippen LogP contribution in [-0.2, 0) is 32.6 Å². The molecule has 0 bridgehead atoms. The summed E-state index contributed by atoms with van der Waals surface area (Å²) in [6.07, 6.45) is 1.25. The Morgan fingerprint density at radius 3 is 2.11 bits per heavy atom. The lowest BCUT2D eigenvalue weighted by atomic mass is 10.0. The van der Waals surface area contributed by atoms with Crippen LogP contribution >= 0.6 is 39.1 Å². The van der Waals surface area contributed by atoms with E-state index in [1.165, 1.54) is 23.1 Å². The Kier molecular flexibility index (Phi) is 10.6. The van der Waals surface area contributed by atoms with E-state index in [9.17, 15) is 18.0 Å². The van der Waals surface area contributed by atoms with E-state index in [0.29, 0.717) is 6.54 Å². The van der Waals surface area contributed by atoms with Crippen LogP contribution in [0.1, 0.15) is 18.1 Å². The van der Waals surface area contributed by atoms with Crippen LogP contribution in [0.25, 0.3) is 0 Å². The summed E-state index contributed by atoms with van der Waals surface area (Å²) in [4.78, 5) is 28.6. The van der Waals surface area contributed by atoms with Crippen molar-refractivity contribution in [3.63, 3.8) is 0 Å². The molecule has 3 aromatic carbocycles. The van der Waals surface area contributed by atoms with Gasteiger partial charge in [0.1, 0.15) is 12.6 Å². The number of carbonyl (C=O) groups excluding carboxylic acids is 2. The molecular weight excluding hydrogens is 613 g/mol. The highest BCUT2D eigenvalue weighted by Gasteiger charge is 2.33. The van der Waals surface area contributed by atoms with Gasteiger partial charge < -0.3 is 10.2 Å². The predicted molar refractivity (Wildman–Crippen MR) is 156 cm³/mol. The van der Waals surface area contributed by atoms with Crippen LogP contribution in [0.5, 0.6) is 0 Å². The van der Waals surface area contributed by atoms with E-state index in [1.54, 1.807) is 6.92 Å². The third-order valence-electron chi connectivity index (χ3n) is 5.70. The zero-order valence-electron chi connectivity index (χ0n) is 20.9. The first-order valence-corrected chi connectivity index (χ1v) is 15.2. The molecule has 0 saturated heterocycles. The van der Waals surface area contributed by atoms with Crippen molar-refractivity contribution in [1.82, 2.24) is 10.2 Å². The molecule has 0 aliphatic heterocycles. The van der Waals surface area contributed by atoms with E-state index < -0.39 is 28.5 Å². The lowest BCUT2D eigenvalue weighted by Gasteiger charge is -2.33. The van der Waals surface area contributed by atoms with Gasteiger partial charge >= 0.3 is 0 Å². The summed E-state index contributed by atoms with van der Waals surface area (Å²) in [5.41, 5.74) is 1.79. The van der Waals surface area contributed by atoms with Gasteiger partial charge in [0.05, 0.1) is 11.9 Å². The molecule has 0 saturated carbocycles. The largest absolute Gasteiger partial charge is 0.355 e. The summed E-state index contributed by atoms with van der Waals surface area (Å²) in [6, 6.07) is 20.1. The SMILES string of the molecule is CCNC(=O)C(Cc1ccccc1)N(Cc1ccc(Br)cc1)C(=O)CN(c1cc(Cl)cc(Cl)c1)S(C)(=O)=O. The third kappa shape index (κ3) is 8.46. The van der Waals surface area contributed by atoms with Crippen molar-refractivity contribution in [3.05, 3.63) is 98.4 Å². The standard InChI is InChI=1S/C27H28BrCl2N3O4S/c1-3-31-27(35)25(13-19-7-5-4-6-8-19)32(17-20-9-11-21(28)12-10-20)26(34)18-33(38(2,36)37)24-15-22(29)14-23(30)16-24/h4-12,14-16,25H,3,13,17-18H2,1-2H3,(H,31,35). The molecule has 0 fully saturated rings. The van der Waals surface area contributed by atoms with Gasteiger partial charge in [0, 0.05) is 34.0 Å². The second-order valence-electron chi connectivity index (χ2n) is 8.65. The predicted octanol–water partition coefficient (Wildman–Crippen LogP) is 5.30. The summed E-state index contributed by atoms with van der Waals surface area (Å²) in [5.74, 6) is -0.889. The number of halogens is 3. The van der Waals surface area contributed by atoms with E-state index in [0.717, 1.165) is 26.2 Å². The van der Waals surface area contributed by atoms with Crippen LogP contribution in [0.2, 0.25) is 10.0 Å². The minimum absolute atomic E-state index is 0.0919. The van der Waals surface area contributed by atoms with Crippen molar-refractivity contribution in [2.75, 3.05) is 23.7 Å². The molecule has 202 valence electrons. The first-order valence-electron chi connectivity index (χ1n) is 11.8. The van der Waals surface area contributed by atoms with E-state index in [2.05, 4.69) is 21.2 Å². The van der Waals surface area contributed by atoms with Crippen molar-refractivity contribution in [1.29, 1.82) is 0 Å². The van der Waals surface area contributed by atoms with Gasteiger partial charge in [-0.2, -0.15) is 0 Å². The number of benzene rings is 3. The molecule has 3 aromatic rings. The third-order valence-corrected chi connectivity index (χ3v) is 7.81. The number of rotatable bonds is 11. The smallest absolute Gasteiger partial charge is 0.244 e. The van der Waals surface area contributed by atoms with Crippen LogP contribution in [0.15, 0.2) is 77.3 Å². The van der Waals surface area contributed by atoms with Crippen molar-refractivity contribution in [2.45, 2.75) is 25.9 Å². The quantitative estimate of drug-likeness (QED) is 0.308. The summed E-state index contributed by atoms with van der Waals surface area (Å²) in [5, 5.41) is 3.27. The fourth-order valence-corrected chi connectivity index (χ4v) is 5.54. The number of nitrogens with one attached hydrogen (secondary N) is 1. The highest BCUT2D eigenvalue weighted by molar-refractivity contribution is 9.10. The number of amides is 2. The van der Waals surface area contributed by atoms with Gasteiger partial charge in [-0.25, -0.2) is 8.42 Å². The number of sulfonamides is 1. The first kappa shape index (κ1) is 30.0. The average molecular weight is 641 g/mol. The molecule has 1 unspecified atom stereocenters. The van der Waals surface area contributed by atoms with Crippen LogP contribution in [0.4, 0.5) is 5.69 Å². The van der Waals surface area contributed by atoms with E-state index in [4.69, 9.17) is 23.2 Å². The molecule has 0 aromatic heterocycles. The molecule has 0 spiro atoms. The molecule has 7 nitrogen and oxygen atoms in total. The lowest BCUT2D eigenvalue weighted by molar-refractivity contribution is -0.140. The van der Waals surface area contributed by atoms with E-state index in [1.807, 2.05) is 54.6 Å². The second kappa shape index (κ2) is 13.5. The monoisotopic (exact) mass is 639 g/mol. The maximum absolute atomic E-state index is 13.9. The Morgan fingerprint density at radius 2 is 1.55 bits per heavy atom. The van der Waals surface area contributed by atoms with Crippen LogP contribution in [-0.4, -0.2) is 50.5 Å². The fourth-order valence-electron chi connectivity index (χ4n) is 3.93. The molecule has 3 rings (SSSR count). The van der Waals surface area contributed by atoms with Gasteiger partial charge in [-0.15, -0.1) is 0 Å². The Morgan fingerprint density at radius 1 is 0.947 bits per heavy atom. The molecule has 0 aliphatic rings. The van der Waals surface area contributed by atoms with E-state index in [-0.39, 0.29) is 34.6 Å². The van der Waals surface area contributed by atoms with Gasteiger partial charge in [-0.05, 0) is 48.4 Å². The topological polar surface area (TPSA) is 86.8 Å². The zero-order valence-corrected chi connectivity index (χ0v) is 24.8. The summed E-state index contributed by atoms with van der Waals surface area (Å²) in [6.45, 7) is 1.72. The summed E-state index contributed by atoms with van der Waals surface area (Å²) >= 11 is 15.7. The molecule has 2 amide bonds. The molecule has 0 heterocycles. The molecule has 0 aliphatic carbocycles. The van der Waals surface area contributed by atoms with Crippen LogP contribution in [0.3, 0.4) is 0 Å². The van der Waals surface area contributed by atoms with Crippen LogP contribution in [0, 0.1) is 0 Å². The Hall–Kier alpha value is -2.59. The lowest BCUT2D eigenvalue weighted by Crippen LogP contribution is -2.53. The van der Waals surface area contributed by atoms with Crippen molar-refractivity contribution in [2.24, 2.45) is 0 Å². The molecule has 0 radical (unpaired) electrons. The van der Waals surface area contributed by atoms with Crippen molar-refractivity contribution < 1.29 is 18.0 Å². The molecular formula is C27H28BrCl2N3O4S. The van der Waals surface area contributed by atoms with E-state index >= 15 is 0 Å². The maximum Gasteiger partial charge on any atom is 0.244 e. The Balaban J connectivity index is 2.05. The zero-order chi connectivity index (χ0) is 27.9. The number of anilines is 1. The van der Waals surface area contributed by atoms with Gasteiger partial charge in [0.15, 0.2) is 0 Å². The molecule has 38 heavy (non-hydrogen) atoms. The van der Waals surface area contributed by atoms with Gasteiger partial charge in [-0.3, -0.25) is 13.9 Å². The highest BCUT2D eigenvalue weighted by Crippen LogP contribution is 2.27. The first-order chi connectivity index (χ1) is 18.0. The van der Waals surface area contributed by atoms with Crippen LogP contribution < -0.4 is 9.62 Å². The van der Waals surface area contributed by atoms with Gasteiger partial charge in [0.2, 0.25) is 21.8 Å². The minimum Gasteiger partial charge on any atom is -0.355 e. The summed E-state index contributed by atoms with van der Waals surface area (Å²) < 4.78 is 27.4. The normalized spacial score (nSPS) is 12.0. The second-order valence-corrected chi connectivity index (χ2v) is 12.3.